The minimum absolute atomic E-state index is 0.0201. The van der Waals surface area contributed by atoms with Crippen molar-refractivity contribution in [3.8, 4) is 6.07 Å². The summed E-state index contributed by atoms with van der Waals surface area (Å²) >= 11 is 0. The topological polar surface area (TPSA) is 111 Å². The average Bonchev–Trinajstić information content (AvgIpc) is 2.78. The summed E-state index contributed by atoms with van der Waals surface area (Å²) in [5.41, 5.74) is 1.61. The molecule has 158 valence electrons. The minimum Gasteiger partial charge on any atom is -0.468 e. The first-order valence-corrected chi connectivity index (χ1v) is 10.1. The van der Waals surface area contributed by atoms with Gasteiger partial charge in [0, 0.05) is 32.7 Å². The van der Waals surface area contributed by atoms with Gasteiger partial charge in [-0.1, -0.05) is 19.1 Å². The molecule has 1 aliphatic heterocycles. The maximum absolute atomic E-state index is 12.2. The highest BCUT2D eigenvalue weighted by Gasteiger charge is 2.31. The number of piperazine rings is 1. The van der Waals surface area contributed by atoms with Gasteiger partial charge in [-0.05, 0) is 18.6 Å². The summed E-state index contributed by atoms with van der Waals surface area (Å²) < 4.78 is 4.80. The highest BCUT2D eigenvalue weighted by atomic mass is 16.5. The fourth-order valence-corrected chi connectivity index (χ4v) is 3.42. The van der Waals surface area contributed by atoms with E-state index >= 15 is 0 Å². The largest absolute Gasteiger partial charge is 0.468 e. The first kappa shape index (κ1) is 21.5. The van der Waals surface area contributed by atoms with Crippen LogP contribution < -0.4 is 10.2 Å². The predicted octanol–water partition coefficient (Wildman–Crippen LogP) is 1.06. The van der Waals surface area contributed by atoms with Crippen LogP contribution in [0.2, 0.25) is 0 Å². The van der Waals surface area contributed by atoms with E-state index in [-0.39, 0.29) is 5.91 Å². The number of amides is 1. The van der Waals surface area contributed by atoms with E-state index < -0.39 is 11.9 Å². The number of fused-ring (bicyclic) bond motifs is 1. The smallest absolute Gasteiger partial charge is 0.329 e. The zero-order valence-corrected chi connectivity index (χ0v) is 17.3. The van der Waals surface area contributed by atoms with Crippen molar-refractivity contribution in [2.24, 2.45) is 0 Å². The highest BCUT2D eigenvalue weighted by Crippen LogP contribution is 2.28. The third-order valence-corrected chi connectivity index (χ3v) is 5.03. The summed E-state index contributed by atoms with van der Waals surface area (Å²) in [6, 6.07) is 9.36. The Kier molecular flexibility index (Phi) is 7.14. The molecule has 0 bridgehead atoms. The molecule has 0 radical (unpaired) electrons. The average molecular weight is 410 g/mol. The summed E-state index contributed by atoms with van der Waals surface area (Å²) in [4.78, 5) is 37.6. The summed E-state index contributed by atoms with van der Waals surface area (Å²) in [7, 11) is 1.25. The van der Waals surface area contributed by atoms with Gasteiger partial charge >= 0.3 is 5.97 Å². The lowest BCUT2D eigenvalue weighted by molar-refractivity contribution is -0.141. The molecule has 0 unspecified atom stereocenters. The Morgan fingerprint density at radius 3 is 2.47 bits per heavy atom. The zero-order chi connectivity index (χ0) is 21.5. The summed E-state index contributed by atoms with van der Waals surface area (Å²) in [5, 5.41) is 12.5. The molecule has 2 aromatic rings. The van der Waals surface area contributed by atoms with E-state index in [1.807, 2.05) is 36.1 Å². The molecule has 1 saturated heterocycles. The van der Waals surface area contributed by atoms with Crippen molar-refractivity contribution in [1.82, 2.24) is 20.2 Å². The van der Waals surface area contributed by atoms with E-state index in [4.69, 9.17) is 9.72 Å². The second kappa shape index (κ2) is 9.98. The van der Waals surface area contributed by atoms with Crippen molar-refractivity contribution in [2.75, 3.05) is 51.3 Å². The maximum Gasteiger partial charge on any atom is 0.329 e. The van der Waals surface area contributed by atoms with E-state index in [2.05, 4.69) is 15.2 Å². The molecule has 0 spiro atoms. The second-order valence-corrected chi connectivity index (χ2v) is 7.12. The van der Waals surface area contributed by atoms with Gasteiger partial charge in [-0.25, -0.2) is 9.97 Å². The number of anilines is 1. The fourth-order valence-electron chi connectivity index (χ4n) is 3.42. The molecule has 9 nitrogen and oxygen atoms in total. The van der Waals surface area contributed by atoms with Crippen molar-refractivity contribution in [3.63, 3.8) is 0 Å². The van der Waals surface area contributed by atoms with Gasteiger partial charge in [0.25, 0.3) is 0 Å². The second-order valence-electron chi connectivity index (χ2n) is 7.12. The first-order chi connectivity index (χ1) is 14.6. The van der Waals surface area contributed by atoms with Crippen LogP contribution in [-0.4, -0.2) is 73.1 Å². The lowest BCUT2D eigenvalue weighted by Gasteiger charge is -2.35. The SMILES string of the molecule is CCCNC(=O)CN1CCN(c2nc3ccccc3nc2[C@@H](C#N)C(=O)OC)CC1. The summed E-state index contributed by atoms with van der Waals surface area (Å²) in [6.45, 7) is 5.61. The van der Waals surface area contributed by atoms with Crippen LogP contribution in [0.25, 0.3) is 11.0 Å². The van der Waals surface area contributed by atoms with Crippen molar-refractivity contribution >= 4 is 28.7 Å². The Morgan fingerprint density at radius 1 is 1.20 bits per heavy atom. The Morgan fingerprint density at radius 2 is 1.87 bits per heavy atom. The van der Waals surface area contributed by atoms with Gasteiger partial charge in [-0.2, -0.15) is 5.26 Å². The monoisotopic (exact) mass is 410 g/mol. The molecule has 30 heavy (non-hydrogen) atoms. The number of carbonyl (C=O) groups excluding carboxylic acids is 2. The van der Waals surface area contributed by atoms with Crippen molar-refractivity contribution in [3.05, 3.63) is 30.0 Å². The molecule has 0 saturated carbocycles. The van der Waals surface area contributed by atoms with E-state index in [9.17, 15) is 14.9 Å². The van der Waals surface area contributed by atoms with Crippen molar-refractivity contribution in [1.29, 1.82) is 5.26 Å². The maximum atomic E-state index is 12.2. The van der Waals surface area contributed by atoms with Crippen LogP contribution in [0.3, 0.4) is 0 Å². The number of rotatable bonds is 7. The van der Waals surface area contributed by atoms with Crippen LogP contribution in [0.4, 0.5) is 5.82 Å². The van der Waals surface area contributed by atoms with Crippen LogP contribution in [0, 0.1) is 11.3 Å². The van der Waals surface area contributed by atoms with Crippen molar-refractivity contribution < 1.29 is 14.3 Å². The summed E-state index contributed by atoms with van der Waals surface area (Å²) in [6.07, 6.45) is 0.906. The molecular formula is C21H26N6O3. The molecule has 0 aliphatic carbocycles. The van der Waals surface area contributed by atoms with E-state index in [0.717, 1.165) is 6.42 Å². The van der Waals surface area contributed by atoms with Crippen molar-refractivity contribution in [2.45, 2.75) is 19.3 Å². The number of nitrogens with one attached hydrogen (secondary N) is 1. The molecule has 1 atom stereocenters. The molecule has 3 rings (SSSR count). The molecule has 1 fully saturated rings. The fraction of sp³-hybridized carbons (Fsp3) is 0.476. The number of nitriles is 1. The molecule has 1 N–H and O–H groups in total. The number of hydrogen-bond donors (Lipinski definition) is 1. The van der Waals surface area contributed by atoms with Gasteiger partial charge in [0.05, 0.1) is 30.8 Å². The number of benzene rings is 1. The number of methoxy groups -OCH3 is 1. The van der Waals surface area contributed by atoms with Gasteiger partial charge in [0.15, 0.2) is 11.7 Å². The lowest BCUT2D eigenvalue weighted by atomic mass is 10.1. The van der Waals surface area contributed by atoms with Gasteiger partial charge in [-0.15, -0.1) is 0 Å². The molecule has 1 aliphatic rings. The number of nitrogens with zero attached hydrogens (tertiary/aromatic N) is 5. The number of aromatic nitrogens is 2. The minimum atomic E-state index is -1.15. The Balaban J connectivity index is 1.83. The van der Waals surface area contributed by atoms with Gasteiger partial charge in [-0.3, -0.25) is 14.5 Å². The molecule has 1 aromatic carbocycles. The molecule has 9 heteroatoms. The van der Waals surface area contributed by atoms with Gasteiger partial charge in [0.1, 0.15) is 5.69 Å². The highest BCUT2D eigenvalue weighted by molar-refractivity contribution is 5.85. The molecule has 1 aromatic heterocycles. The molecule has 1 amide bonds. The normalized spacial score (nSPS) is 15.4. The Hall–Kier alpha value is -3.25. The first-order valence-electron chi connectivity index (χ1n) is 10.1. The zero-order valence-electron chi connectivity index (χ0n) is 17.3. The van der Waals surface area contributed by atoms with Gasteiger partial charge in [0.2, 0.25) is 5.91 Å². The predicted molar refractivity (Wildman–Crippen MR) is 112 cm³/mol. The number of hydrogen-bond acceptors (Lipinski definition) is 8. The van der Waals surface area contributed by atoms with E-state index in [1.54, 1.807) is 6.07 Å². The van der Waals surface area contributed by atoms with E-state index in [0.29, 0.717) is 61.8 Å². The van der Waals surface area contributed by atoms with E-state index in [1.165, 1.54) is 7.11 Å². The molecule has 2 heterocycles. The van der Waals surface area contributed by atoms with Crippen LogP contribution in [0.5, 0.6) is 0 Å². The third-order valence-electron chi connectivity index (χ3n) is 5.03. The van der Waals surface area contributed by atoms with Crippen LogP contribution >= 0.6 is 0 Å². The third kappa shape index (κ3) is 4.83. The summed E-state index contributed by atoms with van der Waals surface area (Å²) in [5.74, 6) is -1.28. The van der Waals surface area contributed by atoms with Gasteiger partial charge < -0.3 is 15.0 Å². The number of esters is 1. The Labute approximate surface area is 175 Å². The number of ether oxygens (including phenoxy) is 1. The number of carbonyl (C=O) groups is 2. The quantitative estimate of drug-likeness (QED) is 0.675. The van der Waals surface area contributed by atoms with Crippen LogP contribution in [0.1, 0.15) is 25.0 Å². The lowest BCUT2D eigenvalue weighted by Crippen LogP contribution is -2.50. The van der Waals surface area contributed by atoms with Crippen LogP contribution in [-0.2, 0) is 14.3 Å². The standard InChI is InChI=1S/C21H26N6O3/c1-3-8-23-18(28)14-26-9-11-27(12-10-26)20-19(15(13-22)21(29)30-2)24-16-6-4-5-7-17(16)25-20/h4-7,15H,3,8-12,14H2,1-2H3,(H,23,28)/t15-/m1/s1. The molecular weight excluding hydrogens is 384 g/mol. The van der Waals surface area contributed by atoms with Crippen LogP contribution in [0.15, 0.2) is 24.3 Å². The Bertz CT molecular complexity index is 949. The number of para-hydroxylation sites is 2.